The van der Waals surface area contributed by atoms with Gasteiger partial charge in [-0.05, 0) is 37.1 Å². The first-order valence-corrected chi connectivity index (χ1v) is 7.59. The number of benzene rings is 1. The van der Waals surface area contributed by atoms with Crippen molar-refractivity contribution in [3.05, 3.63) is 35.6 Å². The summed E-state index contributed by atoms with van der Waals surface area (Å²) < 4.78 is 17.5. The Morgan fingerprint density at radius 2 is 1.88 bits per heavy atom. The largest absolute Gasteiger partial charge is 0.454 e. The molecule has 1 atom stereocenters. The molecule has 0 radical (unpaired) electrons. The van der Waals surface area contributed by atoms with Crippen LogP contribution < -0.4 is 10.6 Å². The monoisotopic (exact) mass is 349 g/mol. The Morgan fingerprint density at radius 3 is 2.40 bits per heavy atom. The van der Waals surface area contributed by atoms with Crippen LogP contribution in [0.3, 0.4) is 0 Å². The molecule has 0 unspecified atom stereocenters. The van der Waals surface area contributed by atoms with Crippen molar-refractivity contribution < 1.29 is 23.5 Å². The first-order valence-electron chi connectivity index (χ1n) is 7.59. The molecule has 2 amide bonds. The number of hydrogen-bond donors (Lipinski definition) is 2. The standard InChI is InChI=1S/C17H20FN3O4/c1-11(2)17(3,10-19)21-14(22)9-25-15(23)8-20-16(24)12-4-6-13(18)7-5-12/h4-7,11H,8-9H2,1-3H3,(H,20,24)(H,21,22)/t17-/m0/s1. The highest BCUT2D eigenvalue weighted by Crippen LogP contribution is 2.14. The van der Waals surface area contributed by atoms with Gasteiger partial charge in [-0.15, -0.1) is 0 Å². The first-order chi connectivity index (χ1) is 11.7. The molecule has 25 heavy (non-hydrogen) atoms. The molecule has 0 spiro atoms. The van der Waals surface area contributed by atoms with E-state index in [1.165, 1.54) is 12.1 Å². The number of halogens is 1. The van der Waals surface area contributed by atoms with Gasteiger partial charge in [-0.1, -0.05) is 13.8 Å². The maximum Gasteiger partial charge on any atom is 0.325 e. The summed E-state index contributed by atoms with van der Waals surface area (Å²) in [7, 11) is 0. The summed E-state index contributed by atoms with van der Waals surface area (Å²) in [5.41, 5.74) is -0.881. The number of nitriles is 1. The smallest absolute Gasteiger partial charge is 0.325 e. The van der Waals surface area contributed by atoms with Crippen LogP contribution in [-0.4, -0.2) is 36.5 Å². The second kappa shape index (κ2) is 8.78. The Labute approximate surface area is 145 Å². The minimum absolute atomic E-state index is 0.132. The summed E-state index contributed by atoms with van der Waals surface area (Å²) in [6, 6.07) is 6.80. The number of nitrogens with one attached hydrogen (secondary N) is 2. The number of carbonyl (C=O) groups is 3. The summed E-state index contributed by atoms with van der Waals surface area (Å²) >= 11 is 0. The molecule has 134 valence electrons. The zero-order chi connectivity index (χ0) is 19.0. The van der Waals surface area contributed by atoms with Crippen molar-refractivity contribution in [3.63, 3.8) is 0 Å². The van der Waals surface area contributed by atoms with Crippen LogP contribution in [0.2, 0.25) is 0 Å². The fraction of sp³-hybridized carbons (Fsp3) is 0.412. The van der Waals surface area contributed by atoms with Crippen molar-refractivity contribution in [2.75, 3.05) is 13.2 Å². The predicted octanol–water partition coefficient (Wildman–Crippen LogP) is 1.15. The molecule has 2 N–H and O–H groups in total. The molecular formula is C17H20FN3O4. The maximum atomic E-state index is 12.8. The predicted molar refractivity (Wildman–Crippen MR) is 86.7 cm³/mol. The first kappa shape index (κ1) is 20.1. The van der Waals surface area contributed by atoms with Crippen molar-refractivity contribution in [2.45, 2.75) is 26.3 Å². The van der Waals surface area contributed by atoms with Crippen molar-refractivity contribution in [3.8, 4) is 6.07 Å². The average Bonchev–Trinajstić information content (AvgIpc) is 2.58. The van der Waals surface area contributed by atoms with Crippen LogP contribution in [0.4, 0.5) is 4.39 Å². The van der Waals surface area contributed by atoms with Crippen molar-refractivity contribution in [1.29, 1.82) is 5.26 Å². The van der Waals surface area contributed by atoms with E-state index in [4.69, 9.17) is 10.00 Å². The Balaban J connectivity index is 2.40. The average molecular weight is 349 g/mol. The number of ether oxygens (including phenoxy) is 1. The highest BCUT2D eigenvalue weighted by Gasteiger charge is 2.30. The molecule has 1 rings (SSSR count). The highest BCUT2D eigenvalue weighted by atomic mass is 19.1. The summed E-state index contributed by atoms with van der Waals surface area (Å²) in [5.74, 6) is -2.61. The quantitative estimate of drug-likeness (QED) is 0.718. The van der Waals surface area contributed by atoms with Crippen LogP contribution in [0.25, 0.3) is 0 Å². The van der Waals surface area contributed by atoms with E-state index in [1.807, 2.05) is 6.07 Å². The Hall–Kier alpha value is -2.95. The van der Waals surface area contributed by atoms with Crippen LogP contribution in [0.5, 0.6) is 0 Å². The van der Waals surface area contributed by atoms with Crippen molar-refractivity contribution >= 4 is 17.8 Å². The second-order valence-corrected chi connectivity index (χ2v) is 5.87. The topological polar surface area (TPSA) is 108 Å². The van der Waals surface area contributed by atoms with E-state index in [2.05, 4.69) is 10.6 Å². The lowest BCUT2D eigenvalue weighted by Gasteiger charge is -2.27. The van der Waals surface area contributed by atoms with Gasteiger partial charge < -0.3 is 15.4 Å². The van der Waals surface area contributed by atoms with Gasteiger partial charge in [0, 0.05) is 5.56 Å². The second-order valence-electron chi connectivity index (χ2n) is 5.87. The van der Waals surface area contributed by atoms with E-state index in [1.54, 1.807) is 20.8 Å². The van der Waals surface area contributed by atoms with E-state index in [-0.39, 0.29) is 11.5 Å². The fourth-order valence-corrected chi connectivity index (χ4v) is 1.68. The molecular weight excluding hydrogens is 329 g/mol. The lowest BCUT2D eigenvalue weighted by Crippen LogP contribution is -2.50. The zero-order valence-electron chi connectivity index (χ0n) is 14.3. The third-order valence-corrected chi connectivity index (χ3v) is 3.65. The van der Waals surface area contributed by atoms with E-state index in [9.17, 15) is 18.8 Å². The number of amides is 2. The zero-order valence-corrected chi connectivity index (χ0v) is 14.3. The minimum Gasteiger partial charge on any atom is -0.454 e. The lowest BCUT2D eigenvalue weighted by molar-refractivity contribution is -0.147. The molecule has 0 bridgehead atoms. The van der Waals surface area contributed by atoms with E-state index in [0.29, 0.717) is 0 Å². The molecule has 0 saturated carbocycles. The van der Waals surface area contributed by atoms with Gasteiger partial charge in [0.2, 0.25) is 0 Å². The van der Waals surface area contributed by atoms with Gasteiger partial charge in [-0.25, -0.2) is 4.39 Å². The summed E-state index contributed by atoms with van der Waals surface area (Å²) in [5, 5.41) is 13.9. The van der Waals surface area contributed by atoms with Crippen LogP contribution in [0, 0.1) is 23.1 Å². The van der Waals surface area contributed by atoms with Crippen LogP contribution in [0.1, 0.15) is 31.1 Å². The van der Waals surface area contributed by atoms with Crippen LogP contribution in [0.15, 0.2) is 24.3 Å². The number of hydrogen-bond acceptors (Lipinski definition) is 5. The molecule has 0 aliphatic heterocycles. The summed E-state index contributed by atoms with van der Waals surface area (Å²) in [6.45, 7) is 4.12. The van der Waals surface area contributed by atoms with Gasteiger partial charge >= 0.3 is 5.97 Å². The molecule has 0 aliphatic carbocycles. The number of carbonyl (C=O) groups excluding carboxylic acids is 3. The van der Waals surface area contributed by atoms with Gasteiger partial charge in [0.05, 0.1) is 6.07 Å². The van der Waals surface area contributed by atoms with Crippen LogP contribution >= 0.6 is 0 Å². The van der Waals surface area contributed by atoms with Crippen molar-refractivity contribution in [1.82, 2.24) is 10.6 Å². The molecule has 0 saturated heterocycles. The molecule has 1 aromatic rings. The van der Waals surface area contributed by atoms with E-state index < -0.39 is 42.3 Å². The van der Waals surface area contributed by atoms with E-state index in [0.717, 1.165) is 12.1 Å². The van der Waals surface area contributed by atoms with Gasteiger partial charge in [0.1, 0.15) is 17.9 Å². The molecule has 0 heterocycles. The number of rotatable bonds is 7. The third-order valence-electron chi connectivity index (χ3n) is 3.65. The van der Waals surface area contributed by atoms with Gasteiger partial charge in [0.15, 0.2) is 6.61 Å². The Kier molecular flexibility index (Phi) is 7.06. The Bertz CT molecular complexity index is 682. The summed E-state index contributed by atoms with van der Waals surface area (Å²) in [6.07, 6.45) is 0. The van der Waals surface area contributed by atoms with Gasteiger partial charge in [-0.2, -0.15) is 5.26 Å². The number of nitrogens with zero attached hydrogens (tertiary/aromatic N) is 1. The normalized spacial score (nSPS) is 12.6. The molecule has 0 aliphatic rings. The minimum atomic E-state index is -1.07. The molecule has 0 aromatic heterocycles. The lowest BCUT2D eigenvalue weighted by atomic mass is 9.90. The number of esters is 1. The fourth-order valence-electron chi connectivity index (χ4n) is 1.68. The molecule has 8 heteroatoms. The molecule has 0 fully saturated rings. The van der Waals surface area contributed by atoms with E-state index >= 15 is 0 Å². The van der Waals surface area contributed by atoms with Crippen LogP contribution in [-0.2, 0) is 14.3 Å². The van der Waals surface area contributed by atoms with Gasteiger partial charge in [-0.3, -0.25) is 14.4 Å². The molecule has 1 aromatic carbocycles. The third kappa shape index (κ3) is 6.22. The highest BCUT2D eigenvalue weighted by molar-refractivity contribution is 5.96. The van der Waals surface area contributed by atoms with Gasteiger partial charge in [0.25, 0.3) is 11.8 Å². The SMILES string of the molecule is CC(C)[C@](C)(C#N)NC(=O)COC(=O)CNC(=O)c1ccc(F)cc1. The Morgan fingerprint density at radius 1 is 1.28 bits per heavy atom. The summed E-state index contributed by atoms with van der Waals surface area (Å²) in [4.78, 5) is 35.1. The maximum absolute atomic E-state index is 12.8. The van der Waals surface area contributed by atoms with Crippen molar-refractivity contribution in [2.24, 2.45) is 5.92 Å². The molecule has 7 nitrogen and oxygen atoms in total.